The van der Waals surface area contributed by atoms with Crippen LogP contribution in [0.5, 0.6) is 0 Å². The van der Waals surface area contributed by atoms with Crippen molar-refractivity contribution < 1.29 is 21.4 Å². The van der Waals surface area contributed by atoms with Crippen molar-refractivity contribution >= 4 is 10.1 Å². The van der Waals surface area contributed by atoms with Crippen LogP contribution in [0.3, 0.4) is 0 Å². The first kappa shape index (κ1) is 13.1. The van der Waals surface area contributed by atoms with Crippen LogP contribution >= 0.6 is 0 Å². The molecular formula is C10H12F2O3S. The molecule has 0 amide bonds. The number of rotatable bonds is 4. The number of alkyl halides is 2. The van der Waals surface area contributed by atoms with Crippen LogP contribution in [0.15, 0.2) is 29.2 Å². The first-order chi connectivity index (χ1) is 7.33. The van der Waals surface area contributed by atoms with Gasteiger partial charge in [0.25, 0.3) is 16.5 Å². The molecule has 0 spiro atoms. The van der Waals surface area contributed by atoms with Gasteiger partial charge in [0, 0.05) is 0 Å². The number of halogens is 2. The van der Waals surface area contributed by atoms with Crippen LogP contribution in [-0.4, -0.2) is 20.9 Å². The highest BCUT2D eigenvalue weighted by molar-refractivity contribution is 7.86. The summed E-state index contributed by atoms with van der Waals surface area (Å²) in [6.07, 6.45) is -4.48. The molecule has 0 bridgehead atoms. The third kappa shape index (κ3) is 3.24. The monoisotopic (exact) mass is 250 g/mol. The lowest BCUT2D eigenvalue weighted by Gasteiger charge is -2.11. The molecule has 0 fully saturated rings. The lowest BCUT2D eigenvalue weighted by molar-refractivity contribution is 0.0262. The van der Waals surface area contributed by atoms with Crippen LogP contribution < -0.4 is 0 Å². The van der Waals surface area contributed by atoms with Crippen LogP contribution in [0.25, 0.3) is 0 Å². The average Bonchev–Trinajstić information content (AvgIpc) is 2.17. The van der Waals surface area contributed by atoms with Crippen LogP contribution in [0.4, 0.5) is 8.78 Å². The first-order valence-corrected chi connectivity index (χ1v) is 6.02. The summed E-state index contributed by atoms with van der Waals surface area (Å²) in [4.78, 5) is -0.120. The minimum Gasteiger partial charge on any atom is -0.257 e. The second-order valence-electron chi connectivity index (χ2n) is 3.40. The topological polar surface area (TPSA) is 43.4 Å². The van der Waals surface area contributed by atoms with Crippen molar-refractivity contribution in [1.29, 1.82) is 0 Å². The molecule has 16 heavy (non-hydrogen) atoms. The Morgan fingerprint density at radius 2 is 1.69 bits per heavy atom. The van der Waals surface area contributed by atoms with Crippen molar-refractivity contribution in [1.82, 2.24) is 0 Å². The van der Waals surface area contributed by atoms with Crippen molar-refractivity contribution in [3.05, 3.63) is 29.8 Å². The standard InChI is InChI=1S/C10H12F2O3S/c1-7-3-5-9(6-4-7)16(13,14)15-8(2)10(11)12/h3-6,8,10H,1-2H3. The van der Waals surface area contributed by atoms with Gasteiger partial charge in [-0.05, 0) is 26.0 Å². The number of hydrogen-bond acceptors (Lipinski definition) is 3. The van der Waals surface area contributed by atoms with E-state index in [9.17, 15) is 17.2 Å². The molecule has 1 unspecified atom stereocenters. The smallest absolute Gasteiger partial charge is 0.257 e. The quantitative estimate of drug-likeness (QED) is 0.770. The van der Waals surface area contributed by atoms with E-state index >= 15 is 0 Å². The van der Waals surface area contributed by atoms with Gasteiger partial charge in [0.15, 0.2) is 0 Å². The molecule has 0 radical (unpaired) electrons. The predicted molar refractivity (Wildman–Crippen MR) is 54.9 cm³/mol. The Labute approximate surface area is 93.2 Å². The summed E-state index contributed by atoms with van der Waals surface area (Å²) in [7, 11) is -4.10. The van der Waals surface area contributed by atoms with E-state index in [0.717, 1.165) is 12.5 Å². The van der Waals surface area contributed by atoms with Gasteiger partial charge in [-0.1, -0.05) is 17.7 Å². The molecule has 0 aliphatic rings. The Bertz CT molecular complexity index is 440. The number of aryl methyl sites for hydroxylation is 1. The zero-order valence-corrected chi connectivity index (χ0v) is 9.67. The molecule has 0 aliphatic carbocycles. The van der Waals surface area contributed by atoms with Gasteiger partial charge in [0.2, 0.25) is 0 Å². The molecule has 1 aromatic rings. The van der Waals surface area contributed by atoms with Crippen molar-refractivity contribution in [3.63, 3.8) is 0 Å². The van der Waals surface area contributed by atoms with Gasteiger partial charge >= 0.3 is 0 Å². The van der Waals surface area contributed by atoms with Gasteiger partial charge in [0.05, 0.1) is 4.90 Å². The van der Waals surface area contributed by atoms with E-state index in [1.807, 2.05) is 0 Å². The number of hydrogen-bond donors (Lipinski definition) is 0. The fourth-order valence-electron chi connectivity index (χ4n) is 1.00. The Morgan fingerprint density at radius 1 is 1.19 bits per heavy atom. The van der Waals surface area contributed by atoms with E-state index < -0.39 is 22.6 Å². The minimum absolute atomic E-state index is 0.120. The Balaban J connectivity index is 2.90. The summed E-state index contributed by atoms with van der Waals surface area (Å²) in [6, 6.07) is 5.79. The van der Waals surface area contributed by atoms with Crippen LogP contribution in [0.2, 0.25) is 0 Å². The molecule has 1 rings (SSSR count). The van der Waals surface area contributed by atoms with Crippen molar-refractivity contribution in [2.24, 2.45) is 0 Å². The minimum atomic E-state index is -4.10. The molecule has 6 heteroatoms. The van der Waals surface area contributed by atoms with Crippen molar-refractivity contribution in [2.75, 3.05) is 0 Å². The third-order valence-corrected chi connectivity index (χ3v) is 3.35. The SMILES string of the molecule is Cc1ccc(S(=O)(=O)OC(C)C(F)F)cc1. The van der Waals surface area contributed by atoms with Gasteiger partial charge in [0.1, 0.15) is 6.10 Å². The van der Waals surface area contributed by atoms with Gasteiger partial charge in [-0.25, -0.2) is 8.78 Å². The van der Waals surface area contributed by atoms with Crippen molar-refractivity contribution in [3.8, 4) is 0 Å². The first-order valence-electron chi connectivity index (χ1n) is 4.61. The maximum absolute atomic E-state index is 12.1. The highest BCUT2D eigenvalue weighted by Gasteiger charge is 2.24. The second kappa shape index (κ2) is 4.88. The van der Waals surface area contributed by atoms with E-state index in [1.165, 1.54) is 12.1 Å². The van der Waals surface area contributed by atoms with Gasteiger partial charge < -0.3 is 0 Å². The van der Waals surface area contributed by atoms with Crippen LogP contribution in [0, 0.1) is 6.92 Å². The van der Waals surface area contributed by atoms with E-state index in [4.69, 9.17) is 0 Å². The number of benzene rings is 1. The zero-order valence-electron chi connectivity index (χ0n) is 8.85. The van der Waals surface area contributed by atoms with Gasteiger partial charge in [-0.2, -0.15) is 8.42 Å². The van der Waals surface area contributed by atoms with E-state index in [-0.39, 0.29) is 4.90 Å². The largest absolute Gasteiger partial charge is 0.297 e. The lowest BCUT2D eigenvalue weighted by atomic mass is 10.2. The summed E-state index contributed by atoms with van der Waals surface area (Å²) < 4.78 is 51.7. The molecule has 1 atom stereocenters. The highest BCUT2D eigenvalue weighted by atomic mass is 32.2. The van der Waals surface area contributed by atoms with Gasteiger partial charge in [-0.3, -0.25) is 4.18 Å². The molecule has 0 heterocycles. The van der Waals surface area contributed by atoms with Crippen LogP contribution in [-0.2, 0) is 14.3 Å². The molecular weight excluding hydrogens is 238 g/mol. The highest BCUT2D eigenvalue weighted by Crippen LogP contribution is 2.17. The summed E-state index contributed by atoms with van der Waals surface area (Å²) in [5.74, 6) is 0. The second-order valence-corrected chi connectivity index (χ2v) is 4.98. The maximum atomic E-state index is 12.1. The average molecular weight is 250 g/mol. The Kier molecular flexibility index (Phi) is 3.98. The maximum Gasteiger partial charge on any atom is 0.297 e. The molecule has 0 saturated heterocycles. The lowest BCUT2D eigenvalue weighted by Crippen LogP contribution is -2.22. The van der Waals surface area contributed by atoms with Crippen molar-refractivity contribution in [2.45, 2.75) is 31.3 Å². The molecule has 0 saturated carbocycles. The summed E-state index contributed by atoms with van der Waals surface area (Å²) in [5, 5.41) is 0. The summed E-state index contributed by atoms with van der Waals surface area (Å²) in [6.45, 7) is 2.80. The molecule has 90 valence electrons. The third-order valence-electron chi connectivity index (χ3n) is 1.94. The zero-order chi connectivity index (χ0) is 12.3. The normalized spacial score (nSPS) is 14.1. The predicted octanol–water partition coefficient (Wildman–Crippen LogP) is 2.35. The Hall–Kier alpha value is -1.01. The summed E-state index contributed by atoms with van der Waals surface area (Å²) >= 11 is 0. The molecule has 3 nitrogen and oxygen atoms in total. The van der Waals surface area contributed by atoms with E-state index in [0.29, 0.717) is 0 Å². The molecule has 0 aromatic heterocycles. The summed E-state index contributed by atoms with van der Waals surface area (Å²) in [5.41, 5.74) is 0.876. The van der Waals surface area contributed by atoms with E-state index in [1.54, 1.807) is 19.1 Å². The molecule has 0 aliphatic heterocycles. The fraction of sp³-hybridized carbons (Fsp3) is 0.400. The molecule has 0 N–H and O–H groups in total. The fourth-order valence-corrected chi connectivity index (χ4v) is 2.07. The van der Waals surface area contributed by atoms with Crippen LogP contribution in [0.1, 0.15) is 12.5 Å². The molecule has 1 aromatic carbocycles. The Morgan fingerprint density at radius 3 is 2.12 bits per heavy atom. The van der Waals surface area contributed by atoms with Gasteiger partial charge in [-0.15, -0.1) is 0 Å². The van der Waals surface area contributed by atoms with E-state index in [2.05, 4.69) is 4.18 Å².